The zero-order valence-corrected chi connectivity index (χ0v) is 23.7. The van der Waals surface area contributed by atoms with E-state index < -0.39 is 49.2 Å². The number of carbonyl (C=O) groups excluding carboxylic acids is 2. The molecule has 1 aliphatic rings. The fraction of sp³-hybridized carbons (Fsp3) is 0.300. The van der Waals surface area contributed by atoms with Crippen LogP contribution >= 0.6 is 23.2 Å². The second kappa shape index (κ2) is 13.4. The fourth-order valence-corrected chi connectivity index (χ4v) is 5.64. The van der Waals surface area contributed by atoms with Crippen molar-refractivity contribution < 1.29 is 34.4 Å². The lowest BCUT2D eigenvalue weighted by Gasteiger charge is -2.46. The zero-order chi connectivity index (χ0) is 29.7. The van der Waals surface area contributed by atoms with Crippen molar-refractivity contribution in [3.8, 4) is 5.75 Å². The van der Waals surface area contributed by atoms with E-state index in [-0.39, 0.29) is 23.0 Å². The van der Waals surface area contributed by atoms with Crippen LogP contribution in [-0.4, -0.2) is 69.9 Å². The van der Waals surface area contributed by atoms with Gasteiger partial charge in [-0.2, -0.15) is 0 Å². The van der Waals surface area contributed by atoms with Crippen molar-refractivity contribution in [1.29, 1.82) is 0 Å². The first-order valence-electron chi connectivity index (χ1n) is 13.0. The van der Waals surface area contributed by atoms with Crippen molar-refractivity contribution >= 4 is 41.0 Å². The molecule has 0 radical (unpaired) electrons. The van der Waals surface area contributed by atoms with Gasteiger partial charge in [-0.15, -0.1) is 0 Å². The summed E-state index contributed by atoms with van der Waals surface area (Å²) in [6.45, 7) is 0.696. The van der Waals surface area contributed by atoms with Crippen molar-refractivity contribution in [2.45, 2.75) is 37.5 Å². The summed E-state index contributed by atoms with van der Waals surface area (Å²) < 4.78 is 5.24. The number of benzene rings is 3. The number of aliphatic hydroxyl groups excluding tert-OH is 2. The molecule has 1 unspecified atom stereocenters. The third-order valence-electron chi connectivity index (χ3n) is 7.01. The molecule has 0 aromatic heterocycles. The zero-order valence-electron chi connectivity index (χ0n) is 22.2. The second-order valence-electron chi connectivity index (χ2n) is 9.75. The highest BCUT2D eigenvalue weighted by atomic mass is 35.5. The molecule has 4 atom stereocenters. The number of aliphatic carboxylic acids is 1. The Hall–Kier alpha value is -3.63. The highest BCUT2D eigenvalue weighted by Gasteiger charge is 2.48. The maximum Gasteiger partial charge on any atom is 0.341 e. The summed E-state index contributed by atoms with van der Waals surface area (Å²) in [6.07, 6.45) is -0.686. The molecule has 11 heteroatoms. The van der Waals surface area contributed by atoms with Gasteiger partial charge in [0.2, 0.25) is 5.91 Å². The van der Waals surface area contributed by atoms with Gasteiger partial charge in [0.25, 0.3) is 5.91 Å². The number of hydrogen-bond acceptors (Lipinski definition) is 6. The van der Waals surface area contributed by atoms with E-state index in [1.54, 1.807) is 54.6 Å². The average Bonchev–Trinajstić information content (AvgIpc) is 2.93. The molecule has 216 valence electrons. The van der Waals surface area contributed by atoms with Gasteiger partial charge in [0.05, 0.1) is 30.7 Å². The Morgan fingerprint density at radius 1 is 1.05 bits per heavy atom. The molecule has 4 N–H and O–H groups in total. The number of aliphatic hydroxyl groups is 2. The molecule has 3 aromatic carbocycles. The lowest BCUT2D eigenvalue weighted by Crippen LogP contribution is -2.55. The summed E-state index contributed by atoms with van der Waals surface area (Å²) in [5, 5.41) is 33.2. The highest BCUT2D eigenvalue weighted by Crippen LogP contribution is 2.46. The second-order valence-corrected chi connectivity index (χ2v) is 10.6. The van der Waals surface area contributed by atoms with Gasteiger partial charge < -0.3 is 30.3 Å². The standard InChI is InChI=1S/C30H30Cl2N2O7/c1-17(36)25(15-35)34-28(23-10-9-19(31)14-24(23)32)27(21-7-2-3-8-22(21)30(34)40)29(39)33-12-11-18-5-4-6-20(13-18)41-16-26(37)38/h2-10,13-14,17,25,27-28,35-36H,11-12,15-16H2,1H3,(H,33,39)(H,37,38)/t17-,25?,27+,28-/m0/s1. The molecular formula is C30H30Cl2N2O7. The Bertz CT molecular complexity index is 1430. The SMILES string of the molecule is C[C@H](O)C(CO)N1C(=O)c2ccccc2[C@@H](C(=O)NCCc2cccc(OCC(=O)O)c2)[C@@H]1c1ccc(Cl)cc1Cl. The van der Waals surface area contributed by atoms with Gasteiger partial charge >= 0.3 is 5.97 Å². The molecule has 3 aromatic rings. The molecule has 1 aliphatic heterocycles. The van der Waals surface area contributed by atoms with Gasteiger partial charge in [0.15, 0.2) is 6.61 Å². The van der Waals surface area contributed by atoms with Crippen LogP contribution in [0.4, 0.5) is 0 Å². The Morgan fingerprint density at radius 3 is 2.49 bits per heavy atom. The maximum atomic E-state index is 14.0. The molecular weight excluding hydrogens is 571 g/mol. The summed E-state index contributed by atoms with van der Waals surface area (Å²) in [5.74, 6) is -2.44. The minimum Gasteiger partial charge on any atom is -0.482 e. The van der Waals surface area contributed by atoms with Gasteiger partial charge in [-0.3, -0.25) is 9.59 Å². The van der Waals surface area contributed by atoms with Crippen LogP contribution in [0.15, 0.2) is 66.7 Å². The van der Waals surface area contributed by atoms with E-state index in [1.165, 1.54) is 17.9 Å². The lowest BCUT2D eigenvalue weighted by atomic mass is 9.78. The number of hydrogen-bond donors (Lipinski definition) is 4. The van der Waals surface area contributed by atoms with Crippen molar-refractivity contribution in [1.82, 2.24) is 10.2 Å². The summed E-state index contributed by atoms with van der Waals surface area (Å²) in [5.41, 5.74) is 2.05. The number of amides is 2. The van der Waals surface area contributed by atoms with Gasteiger partial charge in [-0.1, -0.05) is 59.6 Å². The molecule has 0 spiro atoms. The third-order valence-corrected chi connectivity index (χ3v) is 7.58. The van der Waals surface area contributed by atoms with E-state index in [2.05, 4.69) is 5.32 Å². The molecule has 1 heterocycles. The predicted octanol–water partition coefficient (Wildman–Crippen LogP) is 3.84. The minimum absolute atomic E-state index is 0.231. The lowest BCUT2D eigenvalue weighted by molar-refractivity contribution is -0.139. The van der Waals surface area contributed by atoms with Crippen LogP contribution in [0, 0.1) is 0 Å². The number of ether oxygens (including phenoxy) is 1. The van der Waals surface area contributed by atoms with Crippen LogP contribution < -0.4 is 10.1 Å². The molecule has 0 saturated heterocycles. The van der Waals surface area contributed by atoms with E-state index in [4.69, 9.17) is 33.0 Å². The third kappa shape index (κ3) is 6.82. The molecule has 41 heavy (non-hydrogen) atoms. The topological polar surface area (TPSA) is 136 Å². The Morgan fingerprint density at radius 2 is 1.80 bits per heavy atom. The van der Waals surface area contributed by atoms with E-state index in [1.807, 2.05) is 6.07 Å². The van der Waals surface area contributed by atoms with Gasteiger partial charge in [0.1, 0.15) is 5.75 Å². The monoisotopic (exact) mass is 600 g/mol. The predicted molar refractivity (Wildman–Crippen MR) is 153 cm³/mol. The Balaban J connectivity index is 1.69. The molecule has 9 nitrogen and oxygen atoms in total. The van der Waals surface area contributed by atoms with E-state index in [0.717, 1.165) is 5.56 Å². The van der Waals surface area contributed by atoms with Crippen LogP contribution in [0.2, 0.25) is 10.0 Å². The summed E-state index contributed by atoms with van der Waals surface area (Å²) in [4.78, 5) is 39.9. The van der Waals surface area contributed by atoms with Gasteiger partial charge in [-0.25, -0.2) is 4.79 Å². The van der Waals surface area contributed by atoms with Crippen molar-refractivity contribution in [3.05, 3.63) is 99.0 Å². The minimum atomic E-state index is -1.11. The van der Waals surface area contributed by atoms with E-state index in [0.29, 0.717) is 28.3 Å². The van der Waals surface area contributed by atoms with Crippen molar-refractivity contribution in [3.63, 3.8) is 0 Å². The molecule has 0 aliphatic carbocycles. The van der Waals surface area contributed by atoms with Gasteiger partial charge in [-0.05, 0) is 60.4 Å². The number of nitrogens with one attached hydrogen (secondary N) is 1. The fourth-order valence-electron chi connectivity index (χ4n) is 5.12. The molecule has 4 rings (SSSR count). The number of rotatable bonds is 11. The molecule has 0 fully saturated rings. The van der Waals surface area contributed by atoms with Crippen LogP contribution in [0.3, 0.4) is 0 Å². The number of carboxylic acids is 1. The van der Waals surface area contributed by atoms with E-state index in [9.17, 15) is 24.6 Å². The first-order chi connectivity index (χ1) is 19.6. The van der Waals surface area contributed by atoms with Crippen LogP contribution in [0.1, 0.15) is 45.9 Å². The Kier molecular flexibility index (Phi) is 9.88. The summed E-state index contributed by atoms with van der Waals surface area (Å²) in [6, 6.07) is 16.5. The van der Waals surface area contributed by atoms with Crippen molar-refractivity contribution in [2.24, 2.45) is 0 Å². The van der Waals surface area contributed by atoms with Crippen LogP contribution in [0.5, 0.6) is 5.75 Å². The molecule has 0 saturated carbocycles. The smallest absolute Gasteiger partial charge is 0.341 e. The highest BCUT2D eigenvalue weighted by molar-refractivity contribution is 6.35. The average molecular weight is 601 g/mol. The number of nitrogens with zero attached hydrogens (tertiary/aromatic N) is 1. The number of fused-ring (bicyclic) bond motifs is 1. The van der Waals surface area contributed by atoms with Crippen molar-refractivity contribution in [2.75, 3.05) is 19.8 Å². The van der Waals surface area contributed by atoms with Crippen LogP contribution in [0.25, 0.3) is 0 Å². The normalized spacial score (nSPS) is 17.9. The first-order valence-corrected chi connectivity index (χ1v) is 13.7. The quantitative estimate of drug-likeness (QED) is 0.262. The van der Waals surface area contributed by atoms with Gasteiger partial charge in [0, 0.05) is 22.2 Å². The molecule has 2 amide bonds. The number of carboxylic acid groups (broad SMARTS) is 1. The van der Waals surface area contributed by atoms with E-state index >= 15 is 0 Å². The number of carbonyl (C=O) groups is 3. The summed E-state index contributed by atoms with van der Waals surface area (Å²) >= 11 is 12.8. The first kappa shape index (κ1) is 30.3. The molecule has 0 bridgehead atoms. The maximum absolute atomic E-state index is 14.0. The summed E-state index contributed by atoms with van der Waals surface area (Å²) in [7, 11) is 0. The Labute approximate surface area is 247 Å². The van der Waals surface area contributed by atoms with Crippen LogP contribution in [-0.2, 0) is 16.0 Å². The largest absolute Gasteiger partial charge is 0.482 e. The number of halogens is 2.